The molecule has 0 bridgehead atoms. The van der Waals surface area contributed by atoms with E-state index in [1.165, 1.54) is 12.8 Å². The third kappa shape index (κ3) is 5.63. The molecule has 2 saturated carbocycles. The zero-order valence-electron chi connectivity index (χ0n) is 15.9. The molecule has 5 nitrogen and oxygen atoms in total. The Morgan fingerprint density at radius 2 is 1.89 bits per heavy atom. The lowest BCUT2D eigenvalue weighted by Crippen LogP contribution is -2.35. The number of nitrogens with two attached hydrogens (primary N) is 1. The average Bonchev–Trinajstić information content (AvgIpc) is 3.44. The third-order valence-electron chi connectivity index (χ3n) is 5.17. The molecule has 0 unspecified atom stereocenters. The smallest absolute Gasteiger partial charge is 0.134 e. The molecule has 8 heteroatoms. The summed E-state index contributed by atoms with van der Waals surface area (Å²) < 4.78 is 5.81. The first-order valence-electron chi connectivity index (χ1n) is 9.32. The summed E-state index contributed by atoms with van der Waals surface area (Å²) >= 11 is 6.00. The van der Waals surface area contributed by atoms with Crippen LogP contribution in [0.25, 0.3) is 0 Å². The maximum Gasteiger partial charge on any atom is 0.134 e. The van der Waals surface area contributed by atoms with E-state index in [9.17, 15) is 0 Å². The molecule has 2 aromatic rings. The van der Waals surface area contributed by atoms with Crippen molar-refractivity contribution in [3.63, 3.8) is 0 Å². The van der Waals surface area contributed by atoms with Crippen molar-refractivity contribution in [1.82, 2.24) is 9.97 Å². The predicted octanol–water partition coefficient (Wildman–Crippen LogP) is 4.57. The monoisotopic (exact) mass is 444 g/mol. The van der Waals surface area contributed by atoms with Gasteiger partial charge in [0.1, 0.15) is 24.0 Å². The van der Waals surface area contributed by atoms with Crippen molar-refractivity contribution >= 4 is 42.2 Å². The maximum absolute atomic E-state index is 6.00. The Morgan fingerprint density at radius 3 is 2.54 bits per heavy atom. The van der Waals surface area contributed by atoms with Crippen molar-refractivity contribution in [2.45, 2.75) is 43.6 Å². The van der Waals surface area contributed by atoms with E-state index in [1.54, 1.807) is 0 Å². The van der Waals surface area contributed by atoms with Gasteiger partial charge in [0.15, 0.2) is 0 Å². The Bertz CT molecular complexity index is 782. The van der Waals surface area contributed by atoms with Gasteiger partial charge >= 0.3 is 0 Å². The summed E-state index contributed by atoms with van der Waals surface area (Å²) in [5.74, 6) is 3.79. The number of likely N-dealkylation sites (N-methyl/N-ethyl adjacent to an activating group) is 1. The molecule has 1 aromatic carbocycles. The van der Waals surface area contributed by atoms with Crippen molar-refractivity contribution in [3.05, 3.63) is 46.9 Å². The van der Waals surface area contributed by atoms with Gasteiger partial charge in [-0.1, -0.05) is 17.7 Å². The minimum Gasteiger partial charge on any atom is -0.492 e. The second-order valence-electron chi connectivity index (χ2n) is 7.44. The number of ether oxygens (including phenoxy) is 1. The molecule has 0 radical (unpaired) electrons. The van der Waals surface area contributed by atoms with Gasteiger partial charge in [0.05, 0.1) is 6.54 Å². The van der Waals surface area contributed by atoms with Gasteiger partial charge in [0.2, 0.25) is 0 Å². The summed E-state index contributed by atoms with van der Waals surface area (Å²) in [5.41, 5.74) is 7.12. The van der Waals surface area contributed by atoms with E-state index in [2.05, 4.69) is 18.0 Å². The summed E-state index contributed by atoms with van der Waals surface area (Å²) in [5, 5.41) is 0.684. The van der Waals surface area contributed by atoms with E-state index in [0.29, 0.717) is 29.5 Å². The van der Waals surface area contributed by atoms with Crippen molar-refractivity contribution in [3.8, 4) is 5.75 Å². The van der Waals surface area contributed by atoms with Gasteiger partial charge in [-0.15, -0.1) is 24.8 Å². The average molecular weight is 446 g/mol. The SMILES string of the molecule is CN(CCOc1cccc(Cl)c1)c1cc(C2CC(N)C2)nc(C2CC2)n1.Cl.Cl. The topological polar surface area (TPSA) is 64.3 Å². The fourth-order valence-electron chi connectivity index (χ4n) is 3.28. The molecule has 0 spiro atoms. The van der Waals surface area contributed by atoms with Crippen molar-refractivity contribution in [2.24, 2.45) is 5.73 Å². The molecule has 2 fully saturated rings. The number of nitrogens with zero attached hydrogens (tertiary/aromatic N) is 3. The second-order valence-corrected chi connectivity index (χ2v) is 7.88. The van der Waals surface area contributed by atoms with Crippen LogP contribution in [-0.4, -0.2) is 36.2 Å². The standard InChI is InChI=1S/C20H25ClN4O.2ClH/c1-25(7-8-26-17-4-2-3-15(21)11-17)19-12-18(14-9-16(22)10-14)23-20(24-19)13-5-6-13;;/h2-4,11-14,16H,5-10,22H2,1H3;2*1H. The summed E-state index contributed by atoms with van der Waals surface area (Å²) in [6.07, 6.45) is 4.47. The first-order chi connectivity index (χ1) is 12.6. The van der Waals surface area contributed by atoms with E-state index in [0.717, 1.165) is 42.5 Å². The van der Waals surface area contributed by atoms with Crippen molar-refractivity contribution in [1.29, 1.82) is 0 Å². The zero-order valence-corrected chi connectivity index (χ0v) is 18.3. The Kier molecular flexibility index (Phi) is 8.19. The van der Waals surface area contributed by atoms with Crippen LogP contribution in [0, 0.1) is 0 Å². The van der Waals surface area contributed by atoms with Gasteiger partial charge in [-0.3, -0.25) is 0 Å². The highest BCUT2D eigenvalue weighted by molar-refractivity contribution is 6.30. The van der Waals surface area contributed by atoms with Gasteiger partial charge in [-0.25, -0.2) is 9.97 Å². The third-order valence-corrected chi connectivity index (χ3v) is 5.40. The van der Waals surface area contributed by atoms with E-state index in [1.807, 2.05) is 24.3 Å². The van der Waals surface area contributed by atoms with Crippen LogP contribution in [0.1, 0.15) is 49.0 Å². The lowest BCUT2D eigenvalue weighted by molar-refractivity contribution is 0.325. The number of aromatic nitrogens is 2. The largest absolute Gasteiger partial charge is 0.492 e. The number of benzene rings is 1. The van der Waals surface area contributed by atoms with Crippen LogP contribution in [0.5, 0.6) is 5.75 Å². The Hall–Kier alpha value is -1.27. The predicted molar refractivity (Wildman–Crippen MR) is 119 cm³/mol. The van der Waals surface area contributed by atoms with E-state index in [-0.39, 0.29) is 24.8 Å². The summed E-state index contributed by atoms with van der Waals surface area (Å²) in [7, 11) is 2.05. The molecule has 1 heterocycles. The molecule has 1 aromatic heterocycles. The van der Waals surface area contributed by atoms with Crippen molar-refractivity contribution < 1.29 is 4.74 Å². The first-order valence-corrected chi connectivity index (χ1v) is 9.70. The molecular weight excluding hydrogens is 419 g/mol. The summed E-state index contributed by atoms with van der Waals surface area (Å²) in [4.78, 5) is 11.8. The van der Waals surface area contributed by atoms with Gasteiger partial charge in [-0.05, 0) is 43.9 Å². The zero-order chi connectivity index (χ0) is 18.1. The number of halogens is 3. The molecule has 28 heavy (non-hydrogen) atoms. The second kappa shape index (κ2) is 9.97. The fourth-order valence-corrected chi connectivity index (χ4v) is 3.46. The molecule has 154 valence electrons. The van der Waals surface area contributed by atoms with Gasteiger partial charge in [-0.2, -0.15) is 0 Å². The van der Waals surface area contributed by atoms with Gasteiger partial charge in [0.25, 0.3) is 0 Å². The van der Waals surface area contributed by atoms with E-state index >= 15 is 0 Å². The van der Waals surface area contributed by atoms with E-state index in [4.69, 9.17) is 32.0 Å². The Balaban J connectivity index is 0.00000140. The molecule has 2 N–H and O–H groups in total. The number of hydrogen-bond acceptors (Lipinski definition) is 5. The highest BCUT2D eigenvalue weighted by Crippen LogP contribution is 2.41. The molecule has 0 saturated heterocycles. The lowest BCUT2D eigenvalue weighted by atomic mass is 9.78. The van der Waals surface area contributed by atoms with E-state index < -0.39 is 0 Å². The van der Waals surface area contributed by atoms with Gasteiger partial charge < -0.3 is 15.4 Å². The minimum atomic E-state index is 0. The van der Waals surface area contributed by atoms with Crippen LogP contribution in [0.3, 0.4) is 0 Å². The quantitative estimate of drug-likeness (QED) is 0.676. The Labute approximate surface area is 183 Å². The maximum atomic E-state index is 6.00. The van der Waals surface area contributed by atoms with Crippen LogP contribution in [0.4, 0.5) is 5.82 Å². The molecule has 0 amide bonds. The number of hydrogen-bond donors (Lipinski definition) is 1. The first kappa shape index (κ1) is 23.0. The Morgan fingerprint density at radius 1 is 1.14 bits per heavy atom. The lowest BCUT2D eigenvalue weighted by Gasteiger charge is -2.32. The summed E-state index contributed by atoms with van der Waals surface area (Å²) in [6, 6.07) is 9.93. The molecule has 0 atom stereocenters. The summed E-state index contributed by atoms with van der Waals surface area (Å²) in [6.45, 7) is 1.32. The van der Waals surface area contributed by atoms with Crippen LogP contribution < -0.4 is 15.4 Å². The molecule has 0 aliphatic heterocycles. The van der Waals surface area contributed by atoms with Crippen LogP contribution in [0.2, 0.25) is 5.02 Å². The molecular formula is C20H27Cl3N4O. The van der Waals surface area contributed by atoms with Crippen LogP contribution in [-0.2, 0) is 0 Å². The highest BCUT2D eigenvalue weighted by atomic mass is 35.5. The molecule has 2 aliphatic rings. The molecule has 2 aliphatic carbocycles. The fraction of sp³-hybridized carbons (Fsp3) is 0.500. The normalized spacial score (nSPS) is 20.4. The number of anilines is 1. The van der Waals surface area contributed by atoms with Crippen LogP contribution in [0.15, 0.2) is 30.3 Å². The van der Waals surface area contributed by atoms with Crippen molar-refractivity contribution in [2.75, 3.05) is 25.1 Å². The van der Waals surface area contributed by atoms with Crippen LogP contribution >= 0.6 is 36.4 Å². The highest BCUT2D eigenvalue weighted by Gasteiger charge is 2.32. The number of rotatable bonds is 7. The van der Waals surface area contributed by atoms with Gasteiger partial charge in [0, 0.05) is 41.7 Å². The molecule has 4 rings (SSSR count). The minimum absolute atomic E-state index is 0.